The van der Waals surface area contributed by atoms with Gasteiger partial charge in [0.2, 0.25) is 5.91 Å². The number of thiophene rings is 1. The molecule has 1 atom stereocenters. The van der Waals surface area contributed by atoms with Crippen LogP contribution < -0.4 is 0 Å². The van der Waals surface area contributed by atoms with Crippen molar-refractivity contribution in [3.8, 4) is 0 Å². The second kappa shape index (κ2) is 8.79. The molecule has 28 heavy (non-hydrogen) atoms. The van der Waals surface area contributed by atoms with Crippen molar-refractivity contribution < 1.29 is 17.9 Å². The summed E-state index contributed by atoms with van der Waals surface area (Å²) in [7, 11) is -3.46. The molecule has 2 saturated heterocycles. The Morgan fingerprint density at radius 2 is 2.00 bits per heavy atom. The van der Waals surface area contributed by atoms with E-state index in [1.165, 1.54) is 11.3 Å². The third-order valence-corrected chi connectivity index (χ3v) is 9.10. The second-order valence-electron chi connectivity index (χ2n) is 7.85. The van der Waals surface area contributed by atoms with E-state index >= 15 is 0 Å². The Labute approximate surface area is 171 Å². The maximum atomic E-state index is 13.0. The first-order chi connectivity index (χ1) is 13.6. The number of carbonyl (C=O) groups excluding carboxylic acids is 1. The first kappa shape index (κ1) is 20.3. The summed E-state index contributed by atoms with van der Waals surface area (Å²) in [5.74, 6) is 0.364. The monoisotopic (exact) mass is 427 g/mol. The molecule has 3 fully saturated rings. The molecule has 7 nitrogen and oxygen atoms in total. The number of piperidine rings is 1. The van der Waals surface area contributed by atoms with Gasteiger partial charge >= 0.3 is 0 Å². The second-order valence-corrected chi connectivity index (χ2v) is 11.0. The van der Waals surface area contributed by atoms with E-state index in [0.717, 1.165) is 58.5 Å². The van der Waals surface area contributed by atoms with Gasteiger partial charge < -0.3 is 9.64 Å². The maximum Gasteiger partial charge on any atom is 0.252 e. The fraction of sp³-hybridized carbons (Fsp3) is 0.737. The summed E-state index contributed by atoms with van der Waals surface area (Å²) in [6, 6.07) is 3.40. The van der Waals surface area contributed by atoms with Crippen LogP contribution in [-0.2, 0) is 19.6 Å². The van der Waals surface area contributed by atoms with Crippen molar-refractivity contribution in [2.45, 2.75) is 35.9 Å². The van der Waals surface area contributed by atoms with Gasteiger partial charge in [-0.25, -0.2) is 8.42 Å². The molecule has 0 aromatic carbocycles. The summed E-state index contributed by atoms with van der Waals surface area (Å²) in [6.45, 7) is 5.72. The van der Waals surface area contributed by atoms with Crippen molar-refractivity contribution >= 4 is 27.3 Å². The Morgan fingerprint density at radius 3 is 2.68 bits per heavy atom. The lowest BCUT2D eigenvalue weighted by atomic mass is 10.0. The van der Waals surface area contributed by atoms with Gasteiger partial charge in [-0.05, 0) is 37.1 Å². The van der Waals surface area contributed by atoms with Crippen molar-refractivity contribution in [1.29, 1.82) is 0 Å². The largest absolute Gasteiger partial charge is 0.379 e. The summed E-state index contributed by atoms with van der Waals surface area (Å²) in [5.41, 5.74) is 0. The summed E-state index contributed by atoms with van der Waals surface area (Å²) in [4.78, 5) is 17.3. The molecular formula is C19H29N3O4S2. The van der Waals surface area contributed by atoms with Crippen molar-refractivity contribution in [3.05, 3.63) is 17.5 Å². The number of carbonyl (C=O) groups is 1. The van der Waals surface area contributed by atoms with Crippen LogP contribution in [0.1, 0.15) is 25.7 Å². The fourth-order valence-electron chi connectivity index (χ4n) is 4.04. The number of nitrogens with zero attached hydrogens (tertiary/aromatic N) is 3. The lowest BCUT2D eigenvalue weighted by molar-refractivity contribution is -0.136. The minimum absolute atomic E-state index is 0.0300. The average Bonchev–Trinajstić information content (AvgIpc) is 3.42. The molecule has 1 saturated carbocycles. The number of morpholine rings is 1. The summed E-state index contributed by atoms with van der Waals surface area (Å²) < 4.78 is 33.3. The molecule has 1 unspecified atom stereocenters. The molecule has 1 aromatic heterocycles. The van der Waals surface area contributed by atoms with Gasteiger partial charge in [0.1, 0.15) is 4.21 Å². The molecule has 1 aromatic rings. The molecule has 2 aliphatic heterocycles. The minimum Gasteiger partial charge on any atom is -0.379 e. The van der Waals surface area contributed by atoms with Crippen LogP contribution >= 0.6 is 11.3 Å². The molecule has 0 bridgehead atoms. The standard InChI is InChI=1S/C19H29N3O4S2/c23-19(16-5-6-16)22(9-8-20-10-12-26-13-11-20)17-3-1-7-21(15-17)28(24,25)18-4-2-14-27-18/h2,4,14,16-17H,1,3,5-13,15H2. The Kier molecular flexibility index (Phi) is 6.37. The lowest BCUT2D eigenvalue weighted by Crippen LogP contribution is -2.54. The molecule has 1 aliphatic carbocycles. The average molecular weight is 428 g/mol. The Balaban J connectivity index is 1.45. The van der Waals surface area contributed by atoms with Crippen LogP contribution in [0.4, 0.5) is 0 Å². The Bertz CT molecular complexity index is 758. The van der Waals surface area contributed by atoms with Crippen LogP contribution in [0.3, 0.4) is 0 Å². The van der Waals surface area contributed by atoms with Crippen molar-refractivity contribution in [3.63, 3.8) is 0 Å². The van der Waals surface area contributed by atoms with E-state index in [1.54, 1.807) is 21.8 Å². The normalized spacial score (nSPS) is 24.9. The summed E-state index contributed by atoms with van der Waals surface area (Å²) in [5, 5.41) is 1.79. The third kappa shape index (κ3) is 4.59. The smallest absolute Gasteiger partial charge is 0.252 e. The van der Waals surface area contributed by atoms with Crippen molar-refractivity contribution in [1.82, 2.24) is 14.1 Å². The van der Waals surface area contributed by atoms with Gasteiger partial charge in [0.15, 0.2) is 0 Å². The number of hydrogen-bond acceptors (Lipinski definition) is 6. The zero-order valence-corrected chi connectivity index (χ0v) is 17.8. The van der Waals surface area contributed by atoms with E-state index in [9.17, 15) is 13.2 Å². The Hall–Kier alpha value is -1.00. The molecule has 1 amide bonds. The zero-order valence-electron chi connectivity index (χ0n) is 16.2. The molecule has 3 heterocycles. The predicted octanol–water partition coefficient (Wildman–Crippen LogP) is 1.47. The zero-order chi connectivity index (χ0) is 19.6. The number of amides is 1. The van der Waals surface area contributed by atoms with Crippen molar-refractivity contribution in [2.24, 2.45) is 5.92 Å². The van der Waals surface area contributed by atoms with Gasteiger partial charge in [0.05, 0.1) is 13.2 Å². The molecule has 4 rings (SSSR count). The molecule has 9 heteroatoms. The van der Waals surface area contributed by atoms with Crippen molar-refractivity contribution in [2.75, 3.05) is 52.5 Å². The number of hydrogen-bond donors (Lipinski definition) is 0. The van der Waals surface area contributed by atoms with Crippen LogP contribution in [0.25, 0.3) is 0 Å². The minimum atomic E-state index is -3.46. The summed E-state index contributed by atoms with van der Waals surface area (Å²) in [6.07, 6.45) is 3.60. The van der Waals surface area contributed by atoms with Crippen LogP contribution in [0.5, 0.6) is 0 Å². The Morgan fingerprint density at radius 1 is 1.21 bits per heavy atom. The topological polar surface area (TPSA) is 70.2 Å². The van der Waals surface area contributed by atoms with E-state index in [4.69, 9.17) is 4.74 Å². The van der Waals surface area contributed by atoms with Gasteiger partial charge in [-0.15, -0.1) is 11.3 Å². The lowest BCUT2D eigenvalue weighted by Gasteiger charge is -2.40. The maximum absolute atomic E-state index is 13.0. The highest BCUT2D eigenvalue weighted by atomic mass is 32.2. The molecule has 0 spiro atoms. The molecule has 3 aliphatic rings. The fourth-order valence-corrected chi connectivity index (χ4v) is 6.70. The molecule has 0 N–H and O–H groups in total. The van der Waals surface area contributed by atoms with Gasteiger partial charge in [0.25, 0.3) is 10.0 Å². The number of sulfonamides is 1. The highest BCUT2D eigenvalue weighted by molar-refractivity contribution is 7.91. The first-order valence-corrected chi connectivity index (χ1v) is 12.5. The SMILES string of the molecule is O=C(C1CC1)N(CCN1CCOCC1)C1CCCN(S(=O)(=O)c2cccs2)C1. The van der Waals surface area contributed by atoms with Crippen LogP contribution in [0.15, 0.2) is 21.7 Å². The molecular weight excluding hydrogens is 398 g/mol. The van der Waals surface area contributed by atoms with Gasteiger partial charge in [-0.2, -0.15) is 4.31 Å². The molecule has 156 valence electrons. The van der Waals surface area contributed by atoms with E-state index in [2.05, 4.69) is 4.90 Å². The molecule has 0 radical (unpaired) electrons. The van der Waals surface area contributed by atoms with E-state index < -0.39 is 10.0 Å². The highest BCUT2D eigenvalue weighted by Gasteiger charge is 2.39. The first-order valence-electron chi connectivity index (χ1n) is 10.2. The van der Waals surface area contributed by atoms with Gasteiger partial charge in [0, 0.05) is 51.2 Å². The van der Waals surface area contributed by atoms with Crippen LogP contribution in [0, 0.1) is 5.92 Å². The van der Waals surface area contributed by atoms with E-state index in [-0.39, 0.29) is 17.9 Å². The van der Waals surface area contributed by atoms with E-state index in [1.807, 2.05) is 4.90 Å². The third-order valence-electron chi connectivity index (χ3n) is 5.86. The quantitative estimate of drug-likeness (QED) is 0.659. The summed E-state index contributed by atoms with van der Waals surface area (Å²) >= 11 is 1.25. The van der Waals surface area contributed by atoms with E-state index in [0.29, 0.717) is 23.8 Å². The van der Waals surface area contributed by atoms with Gasteiger partial charge in [-0.3, -0.25) is 9.69 Å². The predicted molar refractivity (Wildman–Crippen MR) is 108 cm³/mol. The highest BCUT2D eigenvalue weighted by Crippen LogP contribution is 2.33. The number of rotatable bonds is 7. The van der Waals surface area contributed by atoms with Crippen LogP contribution in [0.2, 0.25) is 0 Å². The van der Waals surface area contributed by atoms with Crippen LogP contribution in [-0.4, -0.2) is 87.0 Å². The number of ether oxygens (including phenoxy) is 1. The van der Waals surface area contributed by atoms with Gasteiger partial charge in [-0.1, -0.05) is 6.07 Å².